The first-order valence-corrected chi connectivity index (χ1v) is 12.9. The molecule has 2 N–H and O–H groups in total. The van der Waals surface area contributed by atoms with Crippen LogP contribution in [0.5, 0.6) is 0 Å². The van der Waals surface area contributed by atoms with E-state index in [1.54, 1.807) is 38.2 Å². The predicted octanol–water partition coefficient (Wildman–Crippen LogP) is 4.40. The molecule has 2 fully saturated rings. The molecule has 200 valence electrons. The highest BCUT2D eigenvalue weighted by molar-refractivity contribution is 5.88. The number of aliphatic hydroxyl groups is 2. The first-order valence-electron chi connectivity index (χ1n) is 12.9. The van der Waals surface area contributed by atoms with Gasteiger partial charge in [-0.25, -0.2) is 4.39 Å². The van der Waals surface area contributed by atoms with Crippen molar-refractivity contribution in [3.8, 4) is 0 Å². The maximum atomic E-state index is 15.3. The van der Waals surface area contributed by atoms with Gasteiger partial charge >= 0.3 is 5.97 Å². The summed E-state index contributed by atoms with van der Waals surface area (Å²) in [5.41, 5.74) is -1.38. The number of aliphatic hydroxyl groups excluding tert-OH is 2. The minimum atomic E-state index is -1.35. The Kier molecular flexibility index (Phi) is 9.06. The van der Waals surface area contributed by atoms with Gasteiger partial charge in [0.2, 0.25) is 0 Å². The number of cyclic esters (lactones) is 1. The SMILES string of the molecule is CC[C@H]1C(=O)C(C)(C)[C@@H](O)CC(=O)O[C@H](C(F)=Cc2ccccn2)C[C@H]2O[C@@]2(C)CCC[C@H](C)[C@@H]1O. The Morgan fingerprint density at radius 1 is 1.25 bits per heavy atom. The number of hydrogen-bond donors (Lipinski definition) is 2. The van der Waals surface area contributed by atoms with Crippen LogP contribution in [0.3, 0.4) is 0 Å². The van der Waals surface area contributed by atoms with Crippen molar-refractivity contribution in [1.82, 2.24) is 4.98 Å². The minimum absolute atomic E-state index is 0.128. The second-order valence-corrected chi connectivity index (χ2v) is 11.1. The number of esters is 1. The van der Waals surface area contributed by atoms with E-state index < -0.39 is 53.5 Å². The predicted molar refractivity (Wildman–Crippen MR) is 133 cm³/mol. The molecule has 3 heterocycles. The van der Waals surface area contributed by atoms with Crippen molar-refractivity contribution in [2.45, 2.75) is 103 Å². The molecule has 0 bridgehead atoms. The number of carbonyl (C=O) groups excluding carboxylic acids is 2. The second-order valence-electron chi connectivity index (χ2n) is 11.1. The van der Waals surface area contributed by atoms with Crippen molar-refractivity contribution in [2.24, 2.45) is 17.3 Å². The van der Waals surface area contributed by atoms with E-state index in [4.69, 9.17) is 9.47 Å². The Morgan fingerprint density at radius 3 is 2.61 bits per heavy atom. The third-order valence-electron chi connectivity index (χ3n) is 7.95. The van der Waals surface area contributed by atoms with E-state index >= 15 is 4.39 Å². The standard InChI is InChI=1S/C28H40FNO6/c1-6-19-25(33)17(2)10-9-12-28(5)23(36-28)15-21(20(29)14-18-11-7-8-13-30-18)35-24(32)16-22(31)27(3,4)26(19)34/h7-8,11,13-14,17,19,21-23,25,31,33H,6,9-10,12,15-16H2,1-5H3/t17-,19+,21-,22-,23+,25-,28-/m0/s1. The average Bonchev–Trinajstić information content (AvgIpc) is 3.47. The number of carbonyl (C=O) groups is 2. The zero-order valence-electron chi connectivity index (χ0n) is 21.9. The molecule has 0 saturated carbocycles. The van der Waals surface area contributed by atoms with Crippen LogP contribution in [-0.4, -0.2) is 57.0 Å². The summed E-state index contributed by atoms with van der Waals surface area (Å²) in [6.07, 6.45) is 1.31. The van der Waals surface area contributed by atoms with E-state index in [0.29, 0.717) is 25.0 Å². The lowest BCUT2D eigenvalue weighted by molar-refractivity contribution is -0.155. The molecule has 1 aromatic rings. The summed E-state index contributed by atoms with van der Waals surface area (Å²) < 4.78 is 26.7. The van der Waals surface area contributed by atoms with E-state index in [1.165, 1.54) is 6.08 Å². The van der Waals surface area contributed by atoms with Crippen molar-refractivity contribution < 1.29 is 33.7 Å². The Labute approximate surface area is 213 Å². The van der Waals surface area contributed by atoms with E-state index in [1.807, 2.05) is 20.8 Å². The minimum Gasteiger partial charge on any atom is -0.455 e. The highest BCUT2D eigenvalue weighted by atomic mass is 19.1. The van der Waals surface area contributed by atoms with E-state index in [2.05, 4.69) is 4.98 Å². The van der Waals surface area contributed by atoms with Gasteiger partial charge in [-0.2, -0.15) is 0 Å². The molecule has 0 unspecified atom stereocenters. The van der Waals surface area contributed by atoms with Crippen LogP contribution in [-0.2, 0) is 19.1 Å². The molecule has 1 aromatic heterocycles. The molecule has 0 aliphatic carbocycles. The molecular weight excluding hydrogens is 465 g/mol. The molecule has 0 spiro atoms. The number of Topliss-reactive ketones (excluding diaryl/α,β-unsaturated/α-hetero) is 1. The summed E-state index contributed by atoms with van der Waals surface area (Å²) in [7, 11) is 0. The summed E-state index contributed by atoms with van der Waals surface area (Å²) >= 11 is 0. The molecule has 36 heavy (non-hydrogen) atoms. The van der Waals surface area contributed by atoms with Crippen molar-refractivity contribution in [3.05, 3.63) is 35.9 Å². The summed E-state index contributed by atoms with van der Waals surface area (Å²) in [6, 6.07) is 5.10. The molecule has 7 atom stereocenters. The second kappa shape index (κ2) is 11.5. The van der Waals surface area contributed by atoms with Gasteiger partial charge in [0.15, 0.2) is 6.10 Å². The van der Waals surface area contributed by atoms with Gasteiger partial charge in [-0.15, -0.1) is 0 Å². The summed E-state index contributed by atoms with van der Waals surface area (Å²) in [6.45, 7) is 8.84. The normalized spacial score (nSPS) is 36.6. The fourth-order valence-electron chi connectivity index (χ4n) is 5.10. The number of nitrogens with zero attached hydrogens (tertiary/aromatic N) is 1. The largest absolute Gasteiger partial charge is 0.455 e. The highest BCUT2D eigenvalue weighted by Gasteiger charge is 2.53. The number of pyridine rings is 1. The molecule has 0 radical (unpaired) electrons. The first-order chi connectivity index (χ1) is 16.9. The average molecular weight is 506 g/mol. The third kappa shape index (κ3) is 6.58. The maximum Gasteiger partial charge on any atom is 0.309 e. The Hall–Kier alpha value is -2.16. The lowest BCUT2D eigenvalue weighted by atomic mass is 9.71. The molecule has 2 aliphatic rings. The van der Waals surface area contributed by atoms with Gasteiger partial charge < -0.3 is 19.7 Å². The van der Waals surface area contributed by atoms with Crippen LogP contribution in [0.2, 0.25) is 0 Å². The lowest BCUT2D eigenvalue weighted by Crippen LogP contribution is -2.46. The number of fused-ring (bicyclic) bond motifs is 1. The molecule has 0 amide bonds. The number of ketones is 1. The van der Waals surface area contributed by atoms with Crippen molar-refractivity contribution in [2.75, 3.05) is 0 Å². The fourth-order valence-corrected chi connectivity index (χ4v) is 5.10. The molecular formula is C28H40FNO6. The first kappa shape index (κ1) is 28.4. The lowest BCUT2D eigenvalue weighted by Gasteiger charge is -2.35. The molecule has 3 rings (SSSR count). The van der Waals surface area contributed by atoms with Gasteiger partial charge in [-0.1, -0.05) is 40.2 Å². The van der Waals surface area contributed by atoms with Gasteiger partial charge in [0.25, 0.3) is 0 Å². The molecule has 0 aromatic carbocycles. The quantitative estimate of drug-likeness (QED) is 0.463. The van der Waals surface area contributed by atoms with Crippen LogP contribution in [0.1, 0.15) is 78.8 Å². The molecule has 2 saturated heterocycles. The summed E-state index contributed by atoms with van der Waals surface area (Å²) in [4.78, 5) is 30.3. The Morgan fingerprint density at radius 2 is 1.97 bits per heavy atom. The van der Waals surface area contributed by atoms with Crippen LogP contribution in [0.25, 0.3) is 6.08 Å². The molecule has 7 nitrogen and oxygen atoms in total. The topological polar surface area (TPSA) is 109 Å². The van der Waals surface area contributed by atoms with Crippen LogP contribution in [0.15, 0.2) is 30.2 Å². The van der Waals surface area contributed by atoms with Gasteiger partial charge in [0, 0.05) is 18.5 Å². The van der Waals surface area contributed by atoms with Crippen LogP contribution < -0.4 is 0 Å². The van der Waals surface area contributed by atoms with E-state index in [0.717, 1.165) is 6.42 Å². The zero-order valence-corrected chi connectivity index (χ0v) is 21.9. The maximum absolute atomic E-state index is 15.3. The highest BCUT2D eigenvalue weighted by Crippen LogP contribution is 2.45. The van der Waals surface area contributed by atoms with Crippen molar-refractivity contribution in [3.63, 3.8) is 0 Å². The van der Waals surface area contributed by atoms with E-state index in [9.17, 15) is 19.8 Å². The smallest absolute Gasteiger partial charge is 0.309 e. The van der Waals surface area contributed by atoms with Crippen molar-refractivity contribution in [1.29, 1.82) is 0 Å². The van der Waals surface area contributed by atoms with Gasteiger partial charge in [-0.3, -0.25) is 14.6 Å². The van der Waals surface area contributed by atoms with Crippen LogP contribution in [0.4, 0.5) is 4.39 Å². The Balaban J connectivity index is 1.87. The number of rotatable bonds is 3. The number of ether oxygens (including phenoxy) is 2. The fraction of sp³-hybridized carbons (Fsp3) is 0.679. The number of hydrogen-bond acceptors (Lipinski definition) is 7. The number of epoxide rings is 1. The summed E-state index contributed by atoms with van der Waals surface area (Å²) in [5, 5.41) is 21.8. The number of aromatic nitrogens is 1. The van der Waals surface area contributed by atoms with Gasteiger partial charge in [0.1, 0.15) is 11.6 Å². The molecule has 8 heteroatoms. The number of halogens is 1. The van der Waals surface area contributed by atoms with Crippen molar-refractivity contribution >= 4 is 17.8 Å². The monoisotopic (exact) mass is 505 g/mol. The van der Waals surface area contributed by atoms with Gasteiger partial charge in [0.05, 0.1) is 41.4 Å². The van der Waals surface area contributed by atoms with Crippen LogP contribution in [0, 0.1) is 17.3 Å². The Bertz CT molecular complexity index is 951. The van der Waals surface area contributed by atoms with E-state index in [-0.39, 0.29) is 24.2 Å². The third-order valence-corrected chi connectivity index (χ3v) is 7.95. The summed E-state index contributed by atoms with van der Waals surface area (Å²) in [5.74, 6) is -2.56. The van der Waals surface area contributed by atoms with Gasteiger partial charge in [-0.05, 0) is 50.3 Å². The zero-order chi connectivity index (χ0) is 26.7. The van der Waals surface area contributed by atoms with Crippen LogP contribution >= 0.6 is 0 Å². The molecule has 2 aliphatic heterocycles.